The van der Waals surface area contributed by atoms with Gasteiger partial charge in [-0.05, 0) is 36.6 Å². The zero-order valence-electron chi connectivity index (χ0n) is 9.53. The number of halogens is 1. The quantitative estimate of drug-likeness (QED) is 0.625. The van der Waals surface area contributed by atoms with E-state index in [1.807, 2.05) is 24.3 Å². The Labute approximate surface area is 110 Å². The fourth-order valence-corrected chi connectivity index (χ4v) is 1.52. The predicted molar refractivity (Wildman–Crippen MR) is 72.5 cm³/mol. The molecule has 0 saturated carbocycles. The first-order valence-corrected chi connectivity index (χ1v) is 6.34. The van der Waals surface area contributed by atoms with Gasteiger partial charge in [0.2, 0.25) is 5.91 Å². The molecule has 17 heavy (non-hydrogen) atoms. The molecule has 92 valence electrons. The summed E-state index contributed by atoms with van der Waals surface area (Å²) in [6, 6.07) is 7.72. The normalized spacial score (nSPS) is 10.7. The summed E-state index contributed by atoms with van der Waals surface area (Å²) in [7, 11) is 0. The summed E-state index contributed by atoms with van der Waals surface area (Å²) in [6.07, 6.45) is 4.81. The molecular weight excluding hydrogens is 282 g/mol. The summed E-state index contributed by atoms with van der Waals surface area (Å²) in [5.74, 6) is -0.106. The Balaban J connectivity index is 2.32. The Morgan fingerprint density at radius 2 is 2.00 bits per heavy atom. The highest BCUT2D eigenvalue weighted by Crippen LogP contribution is 2.11. The molecule has 1 aromatic rings. The highest BCUT2D eigenvalue weighted by Gasteiger charge is 1.94. The Hall–Kier alpha value is -1.13. The Morgan fingerprint density at radius 1 is 1.29 bits per heavy atom. The van der Waals surface area contributed by atoms with Crippen molar-refractivity contribution in [2.75, 3.05) is 13.2 Å². The molecule has 0 radical (unpaired) electrons. The molecule has 0 bridgehead atoms. The lowest BCUT2D eigenvalue weighted by molar-refractivity contribution is -0.116. The third-order valence-electron chi connectivity index (χ3n) is 2.18. The molecule has 0 aromatic heterocycles. The van der Waals surface area contributed by atoms with Crippen molar-refractivity contribution in [2.45, 2.75) is 12.8 Å². The second-order valence-electron chi connectivity index (χ2n) is 3.61. The summed E-state index contributed by atoms with van der Waals surface area (Å²) in [5, 5.41) is 11.3. The smallest absolute Gasteiger partial charge is 0.243 e. The molecule has 0 heterocycles. The number of nitrogens with one attached hydrogen (secondary N) is 1. The number of unbranched alkanes of at least 4 members (excludes halogenated alkanes) is 1. The van der Waals surface area contributed by atoms with Gasteiger partial charge in [-0.2, -0.15) is 0 Å². The van der Waals surface area contributed by atoms with Gasteiger partial charge >= 0.3 is 0 Å². The van der Waals surface area contributed by atoms with Crippen molar-refractivity contribution in [1.29, 1.82) is 0 Å². The SMILES string of the molecule is O=C(/C=C/c1ccc(Br)cc1)NCCCCO. The van der Waals surface area contributed by atoms with Crippen molar-refractivity contribution in [3.05, 3.63) is 40.4 Å². The number of carbonyl (C=O) groups is 1. The van der Waals surface area contributed by atoms with Gasteiger partial charge in [0.05, 0.1) is 0 Å². The molecule has 4 heteroatoms. The van der Waals surface area contributed by atoms with Crippen LogP contribution in [-0.4, -0.2) is 24.2 Å². The third kappa shape index (κ3) is 6.24. The van der Waals surface area contributed by atoms with E-state index in [-0.39, 0.29) is 12.5 Å². The van der Waals surface area contributed by atoms with Crippen LogP contribution in [-0.2, 0) is 4.79 Å². The topological polar surface area (TPSA) is 49.3 Å². The molecular formula is C13H16BrNO2. The van der Waals surface area contributed by atoms with Crippen molar-refractivity contribution in [1.82, 2.24) is 5.32 Å². The largest absolute Gasteiger partial charge is 0.396 e. The highest BCUT2D eigenvalue weighted by molar-refractivity contribution is 9.10. The number of hydrogen-bond acceptors (Lipinski definition) is 2. The number of benzene rings is 1. The molecule has 1 rings (SSSR count). The summed E-state index contributed by atoms with van der Waals surface area (Å²) >= 11 is 3.35. The van der Waals surface area contributed by atoms with Crippen LogP contribution in [0.1, 0.15) is 18.4 Å². The fraction of sp³-hybridized carbons (Fsp3) is 0.308. The van der Waals surface area contributed by atoms with Gasteiger partial charge < -0.3 is 10.4 Å². The second kappa shape index (κ2) is 8.03. The number of aliphatic hydroxyl groups excluding tert-OH is 1. The average molecular weight is 298 g/mol. The van der Waals surface area contributed by atoms with E-state index in [0.29, 0.717) is 6.54 Å². The molecule has 1 aromatic carbocycles. The van der Waals surface area contributed by atoms with Gasteiger partial charge in [0.25, 0.3) is 0 Å². The zero-order valence-corrected chi connectivity index (χ0v) is 11.1. The van der Waals surface area contributed by atoms with Crippen LogP contribution >= 0.6 is 15.9 Å². The Bertz CT molecular complexity index is 374. The van der Waals surface area contributed by atoms with Crippen LogP contribution < -0.4 is 5.32 Å². The number of amides is 1. The van der Waals surface area contributed by atoms with Crippen molar-refractivity contribution >= 4 is 27.9 Å². The van der Waals surface area contributed by atoms with Crippen LogP contribution in [0.15, 0.2) is 34.8 Å². The number of hydrogen-bond donors (Lipinski definition) is 2. The summed E-state index contributed by atoms with van der Waals surface area (Å²) in [5.41, 5.74) is 0.985. The summed E-state index contributed by atoms with van der Waals surface area (Å²) in [6.45, 7) is 0.772. The predicted octanol–water partition coefficient (Wildman–Crippen LogP) is 2.35. The summed E-state index contributed by atoms with van der Waals surface area (Å²) < 4.78 is 1.02. The zero-order chi connectivity index (χ0) is 12.5. The molecule has 3 nitrogen and oxygen atoms in total. The van der Waals surface area contributed by atoms with Gasteiger partial charge in [0.15, 0.2) is 0 Å². The Kier molecular flexibility index (Phi) is 6.58. The van der Waals surface area contributed by atoms with Crippen molar-refractivity contribution in [2.24, 2.45) is 0 Å². The lowest BCUT2D eigenvalue weighted by Crippen LogP contribution is -2.22. The van der Waals surface area contributed by atoms with Gasteiger partial charge in [-0.25, -0.2) is 0 Å². The maximum absolute atomic E-state index is 11.4. The minimum Gasteiger partial charge on any atom is -0.396 e. The van der Waals surface area contributed by atoms with Gasteiger partial charge in [0.1, 0.15) is 0 Å². The first-order chi connectivity index (χ1) is 8.22. The first kappa shape index (κ1) is 13.9. The molecule has 0 spiro atoms. The summed E-state index contributed by atoms with van der Waals surface area (Å²) in [4.78, 5) is 11.4. The standard InChI is InChI=1S/C13H16BrNO2/c14-12-6-3-11(4-7-12)5-8-13(17)15-9-1-2-10-16/h3-8,16H,1-2,9-10H2,(H,15,17)/b8-5+. The third-order valence-corrected chi connectivity index (χ3v) is 2.71. The van der Waals surface area contributed by atoms with E-state index in [0.717, 1.165) is 22.9 Å². The van der Waals surface area contributed by atoms with Gasteiger partial charge in [0, 0.05) is 23.7 Å². The minimum absolute atomic E-state index is 0.106. The molecule has 0 fully saturated rings. The van der Waals surface area contributed by atoms with Crippen LogP contribution in [0.4, 0.5) is 0 Å². The van der Waals surface area contributed by atoms with Gasteiger partial charge in [-0.3, -0.25) is 4.79 Å². The van der Waals surface area contributed by atoms with E-state index < -0.39 is 0 Å². The molecule has 0 aliphatic heterocycles. The van der Waals surface area contributed by atoms with Crippen LogP contribution in [0.25, 0.3) is 6.08 Å². The molecule has 0 aliphatic rings. The lowest BCUT2D eigenvalue weighted by atomic mass is 10.2. The van der Waals surface area contributed by atoms with Gasteiger partial charge in [-0.15, -0.1) is 0 Å². The van der Waals surface area contributed by atoms with Crippen molar-refractivity contribution in [3.8, 4) is 0 Å². The first-order valence-electron chi connectivity index (χ1n) is 5.54. The molecule has 2 N–H and O–H groups in total. The van der Waals surface area contributed by atoms with E-state index in [4.69, 9.17) is 5.11 Å². The second-order valence-corrected chi connectivity index (χ2v) is 4.52. The fourth-order valence-electron chi connectivity index (χ4n) is 1.25. The van der Waals surface area contributed by atoms with Crippen LogP contribution in [0.3, 0.4) is 0 Å². The molecule has 0 aliphatic carbocycles. The van der Waals surface area contributed by atoms with E-state index >= 15 is 0 Å². The minimum atomic E-state index is -0.106. The molecule has 1 amide bonds. The van der Waals surface area contributed by atoms with Crippen LogP contribution in [0, 0.1) is 0 Å². The maximum Gasteiger partial charge on any atom is 0.243 e. The van der Waals surface area contributed by atoms with E-state index in [1.54, 1.807) is 6.08 Å². The number of rotatable bonds is 6. The van der Waals surface area contributed by atoms with Crippen molar-refractivity contribution < 1.29 is 9.90 Å². The van der Waals surface area contributed by atoms with E-state index in [9.17, 15) is 4.79 Å². The maximum atomic E-state index is 11.4. The molecule has 0 atom stereocenters. The number of aliphatic hydroxyl groups is 1. The van der Waals surface area contributed by atoms with E-state index in [1.165, 1.54) is 6.08 Å². The average Bonchev–Trinajstić information content (AvgIpc) is 2.34. The molecule has 0 unspecified atom stereocenters. The van der Waals surface area contributed by atoms with Gasteiger partial charge in [-0.1, -0.05) is 28.1 Å². The highest BCUT2D eigenvalue weighted by atomic mass is 79.9. The lowest BCUT2D eigenvalue weighted by Gasteiger charge is -2.00. The number of carbonyl (C=O) groups excluding carboxylic acids is 1. The van der Waals surface area contributed by atoms with Crippen LogP contribution in [0.5, 0.6) is 0 Å². The van der Waals surface area contributed by atoms with Crippen LogP contribution in [0.2, 0.25) is 0 Å². The monoisotopic (exact) mass is 297 g/mol. The van der Waals surface area contributed by atoms with E-state index in [2.05, 4.69) is 21.2 Å². The Morgan fingerprint density at radius 3 is 2.65 bits per heavy atom. The van der Waals surface area contributed by atoms with Crippen molar-refractivity contribution in [3.63, 3.8) is 0 Å². The molecule has 0 saturated heterocycles.